The van der Waals surface area contributed by atoms with Gasteiger partial charge in [0.15, 0.2) is 0 Å². The third-order valence-electron chi connectivity index (χ3n) is 4.29. The summed E-state index contributed by atoms with van der Waals surface area (Å²) in [6.45, 7) is 6.28. The van der Waals surface area contributed by atoms with Crippen molar-refractivity contribution < 1.29 is 4.74 Å². The van der Waals surface area contributed by atoms with E-state index in [9.17, 15) is 0 Å². The van der Waals surface area contributed by atoms with Gasteiger partial charge in [-0.05, 0) is 35.1 Å². The first-order valence-corrected chi connectivity index (χ1v) is 8.39. The molecule has 0 bridgehead atoms. The molecule has 2 aromatic rings. The molecule has 0 amide bonds. The average molecular weight is 284 g/mol. The molecule has 0 saturated heterocycles. The van der Waals surface area contributed by atoms with E-state index in [0.717, 1.165) is 25.6 Å². The monoisotopic (exact) mass is 284 g/mol. The van der Waals surface area contributed by atoms with Gasteiger partial charge >= 0.3 is 0 Å². The van der Waals surface area contributed by atoms with Gasteiger partial charge in [-0.3, -0.25) is 0 Å². The Labute approximate surface area is 129 Å². The average Bonchev–Trinajstić information content (AvgIpc) is 2.54. The molecule has 0 aliphatic rings. The SMILES string of the molecule is CCCCC(CC)COCCc1cccc2ccccc12. The maximum absolute atomic E-state index is 5.94. The highest BCUT2D eigenvalue weighted by molar-refractivity contribution is 5.85. The van der Waals surface area contributed by atoms with Crippen molar-refractivity contribution in [2.24, 2.45) is 5.92 Å². The van der Waals surface area contributed by atoms with Crippen LogP contribution in [0.2, 0.25) is 0 Å². The summed E-state index contributed by atoms with van der Waals surface area (Å²) in [5.74, 6) is 0.734. The molecule has 1 heteroatoms. The van der Waals surface area contributed by atoms with E-state index in [1.807, 2.05) is 0 Å². The predicted octanol–water partition coefficient (Wildman–Crippen LogP) is 5.62. The van der Waals surface area contributed by atoms with Crippen molar-refractivity contribution in [1.82, 2.24) is 0 Å². The van der Waals surface area contributed by atoms with Crippen LogP contribution >= 0.6 is 0 Å². The van der Waals surface area contributed by atoms with Crippen molar-refractivity contribution in [3.05, 3.63) is 48.0 Å². The largest absolute Gasteiger partial charge is 0.381 e. The molecule has 0 aromatic heterocycles. The molecule has 2 rings (SSSR count). The second kappa shape index (κ2) is 8.84. The molecule has 2 aromatic carbocycles. The molecule has 1 unspecified atom stereocenters. The van der Waals surface area contributed by atoms with E-state index in [-0.39, 0.29) is 0 Å². The van der Waals surface area contributed by atoms with Crippen LogP contribution < -0.4 is 0 Å². The highest BCUT2D eigenvalue weighted by atomic mass is 16.5. The van der Waals surface area contributed by atoms with E-state index in [2.05, 4.69) is 56.3 Å². The first-order valence-electron chi connectivity index (χ1n) is 8.39. The van der Waals surface area contributed by atoms with E-state index >= 15 is 0 Å². The van der Waals surface area contributed by atoms with Crippen LogP contribution in [0.25, 0.3) is 10.8 Å². The van der Waals surface area contributed by atoms with Crippen LogP contribution in [0.4, 0.5) is 0 Å². The number of hydrogen-bond acceptors (Lipinski definition) is 1. The fourth-order valence-corrected chi connectivity index (χ4v) is 2.84. The predicted molar refractivity (Wildman–Crippen MR) is 91.8 cm³/mol. The summed E-state index contributed by atoms with van der Waals surface area (Å²) in [7, 11) is 0. The quantitative estimate of drug-likeness (QED) is 0.543. The van der Waals surface area contributed by atoms with Crippen LogP contribution in [0.3, 0.4) is 0 Å². The fraction of sp³-hybridized carbons (Fsp3) is 0.500. The standard InChI is InChI=1S/C20H28O/c1-3-5-9-17(4-2)16-21-15-14-19-12-8-11-18-10-6-7-13-20(18)19/h6-8,10-13,17H,3-5,9,14-16H2,1-2H3. The van der Waals surface area contributed by atoms with Crippen molar-refractivity contribution in [1.29, 1.82) is 0 Å². The number of unbranched alkanes of at least 4 members (excludes halogenated alkanes) is 1. The van der Waals surface area contributed by atoms with Crippen molar-refractivity contribution in [3.8, 4) is 0 Å². The molecule has 0 radical (unpaired) electrons. The summed E-state index contributed by atoms with van der Waals surface area (Å²) < 4.78 is 5.94. The van der Waals surface area contributed by atoms with Crippen LogP contribution in [-0.2, 0) is 11.2 Å². The lowest BCUT2D eigenvalue weighted by molar-refractivity contribution is 0.0964. The van der Waals surface area contributed by atoms with E-state index in [4.69, 9.17) is 4.74 Å². The number of ether oxygens (including phenoxy) is 1. The van der Waals surface area contributed by atoms with Crippen LogP contribution in [0.5, 0.6) is 0 Å². The van der Waals surface area contributed by atoms with E-state index in [1.54, 1.807) is 0 Å². The Kier molecular flexibility index (Phi) is 6.75. The van der Waals surface area contributed by atoms with Gasteiger partial charge < -0.3 is 4.74 Å². The van der Waals surface area contributed by atoms with Crippen molar-refractivity contribution in [2.75, 3.05) is 13.2 Å². The number of fused-ring (bicyclic) bond motifs is 1. The molecular formula is C20H28O. The molecule has 0 saturated carbocycles. The molecular weight excluding hydrogens is 256 g/mol. The summed E-state index contributed by atoms with van der Waals surface area (Å²) in [6, 6.07) is 15.1. The Balaban J connectivity index is 1.82. The first-order chi connectivity index (χ1) is 10.3. The van der Waals surface area contributed by atoms with E-state index in [1.165, 1.54) is 42.0 Å². The highest BCUT2D eigenvalue weighted by Gasteiger charge is 2.06. The summed E-state index contributed by atoms with van der Waals surface area (Å²) >= 11 is 0. The Morgan fingerprint density at radius 1 is 1.00 bits per heavy atom. The fourth-order valence-electron chi connectivity index (χ4n) is 2.84. The zero-order valence-corrected chi connectivity index (χ0v) is 13.5. The molecule has 1 nitrogen and oxygen atoms in total. The van der Waals surface area contributed by atoms with Gasteiger partial charge in [0.1, 0.15) is 0 Å². The smallest absolute Gasteiger partial charge is 0.0506 e. The lowest BCUT2D eigenvalue weighted by Crippen LogP contribution is -2.10. The molecule has 0 aliphatic carbocycles. The summed E-state index contributed by atoms with van der Waals surface area (Å²) in [5, 5.41) is 2.69. The van der Waals surface area contributed by atoms with Gasteiger partial charge in [0.25, 0.3) is 0 Å². The first kappa shape index (κ1) is 16.0. The van der Waals surface area contributed by atoms with Gasteiger partial charge in [-0.25, -0.2) is 0 Å². The van der Waals surface area contributed by atoms with E-state index in [0.29, 0.717) is 0 Å². The van der Waals surface area contributed by atoms with Crippen LogP contribution in [0.15, 0.2) is 42.5 Å². The molecule has 0 N–H and O–H groups in total. The number of hydrogen-bond donors (Lipinski definition) is 0. The molecule has 114 valence electrons. The molecule has 0 heterocycles. The third kappa shape index (κ3) is 4.86. The highest BCUT2D eigenvalue weighted by Crippen LogP contribution is 2.19. The Hall–Kier alpha value is -1.34. The Bertz CT molecular complexity index is 527. The minimum atomic E-state index is 0.734. The van der Waals surface area contributed by atoms with E-state index < -0.39 is 0 Å². The normalized spacial score (nSPS) is 12.7. The molecule has 0 spiro atoms. The van der Waals surface area contributed by atoms with Crippen LogP contribution in [-0.4, -0.2) is 13.2 Å². The molecule has 21 heavy (non-hydrogen) atoms. The van der Waals surface area contributed by atoms with Gasteiger partial charge in [0.2, 0.25) is 0 Å². The zero-order valence-electron chi connectivity index (χ0n) is 13.5. The lowest BCUT2D eigenvalue weighted by Gasteiger charge is -2.15. The van der Waals surface area contributed by atoms with Gasteiger partial charge in [-0.15, -0.1) is 0 Å². The van der Waals surface area contributed by atoms with Crippen molar-refractivity contribution in [2.45, 2.75) is 46.0 Å². The lowest BCUT2D eigenvalue weighted by atomic mass is 10.0. The van der Waals surface area contributed by atoms with Crippen molar-refractivity contribution >= 4 is 10.8 Å². The summed E-state index contributed by atoms with van der Waals surface area (Å²) in [6.07, 6.45) is 6.15. The summed E-state index contributed by atoms with van der Waals surface area (Å²) in [5.41, 5.74) is 1.40. The summed E-state index contributed by atoms with van der Waals surface area (Å²) in [4.78, 5) is 0. The maximum Gasteiger partial charge on any atom is 0.0506 e. The number of rotatable bonds is 9. The molecule has 1 atom stereocenters. The second-order valence-electron chi connectivity index (χ2n) is 5.88. The van der Waals surface area contributed by atoms with Crippen molar-refractivity contribution in [3.63, 3.8) is 0 Å². The van der Waals surface area contributed by atoms with Crippen LogP contribution in [0.1, 0.15) is 45.1 Å². The third-order valence-corrected chi connectivity index (χ3v) is 4.29. The van der Waals surface area contributed by atoms with Gasteiger partial charge in [0, 0.05) is 6.61 Å². The molecule has 0 fully saturated rings. The Morgan fingerprint density at radius 2 is 1.81 bits per heavy atom. The number of benzene rings is 2. The topological polar surface area (TPSA) is 9.23 Å². The zero-order chi connectivity index (χ0) is 14.9. The maximum atomic E-state index is 5.94. The second-order valence-corrected chi connectivity index (χ2v) is 5.88. The minimum Gasteiger partial charge on any atom is -0.381 e. The minimum absolute atomic E-state index is 0.734. The molecule has 0 aliphatic heterocycles. The Morgan fingerprint density at radius 3 is 2.62 bits per heavy atom. The van der Waals surface area contributed by atoms with Gasteiger partial charge in [0.05, 0.1) is 6.61 Å². The van der Waals surface area contributed by atoms with Gasteiger partial charge in [-0.1, -0.05) is 75.6 Å². The van der Waals surface area contributed by atoms with Crippen LogP contribution in [0, 0.1) is 5.92 Å². The van der Waals surface area contributed by atoms with Gasteiger partial charge in [-0.2, -0.15) is 0 Å².